The van der Waals surface area contributed by atoms with Gasteiger partial charge in [0, 0.05) is 22.8 Å². The van der Waals surface area contributed by atoms with Crippen LogP contribution in [0.1, 0.15) is 11.8 Å². The summed E-state index contributed by atoms with van der Waals surface area (Å²) in [7, 11) is 0. The van der Waals surface area contributed by atoms with Gasteiger partial charge < -0.3 is 10.5 Å². The minimum atomic E-state index is -0.395. The average molecular weight is 498 g/mol. The number of anilines is 1. The Morgan fingerprint density at radius 1 is 1.10 bits per heavy atom. The van der Waals surface area contributed by atoms with Crippen LogP contribution in [-0.4, -0.2) is 38.6 Å². The number of nitrogens with two attached hydrogens (primary N) is 1. The van der Waals surface area contributed by atoms with E-state index in [1.165, 1.54) is 6.33 Å². The number of nitrogens with one attached hydrogen (secondary N) is 1. The van der Waals surface area contributed by atoms with E-state index in [0.717, 1.165) is 26.9 Å². The number of pyridine rings is 2. The monoisotopic (exact) mass is 496 g/mol. The van der Waals surface area contributed by atoms with Crippen molar-refractivity contribution in [3.63, 3.8) is 0 Å². The van der Waals surface area contributed by atoms with Gasteiger partial charge in [-0.05, 0) is 41.5 Å². The number of hydrogen-bond acceptors (Lipinski definition) is 7. The highest BCUT2D eigenvalue weighted by Gasteiger charge is 2.29. The summed E-state index contributed by atoms with van der Waals surface area (Å²) in [5.41, 5.74) is 10.5. The zero-order chi connectivity index (χ0) is 21.4. The number of halogens is 2. The zero-order valence-electron chi connectivity index (χ0n) is 16.3. The number of hydrogen-bond donors (Lipinski definition) is 2. The summed E-state index contributed by atoms with van der Waals surface area (Å²) in [5.74, 6) is 0.381. The van der Waals surface area contributed by atoms with Gasteiger partial charge in [0.1, 0.15) is 23.8 Å². The number of nitrogen functional groups attached to an aromatic ring is 1. The number of alkyl halides is 1. The summed E-state index contributed by atoms with van der Waals surface area (Å²) in [6.45, 7) is 1.26. The quantitative estimate of drug-likeness (QED) is 0.321. The van der Waals surface area contributed by atoms with Gasteiger partial charge in [-0.2, -0.15) is 0 Å². The molecule has 0 spiro atoms. The molecule has 0 amide bonds. The smallest absolute Gasteiger partial charge is 0.165 e. The van der Waals surface area contributed by atoms with Crippen molar-refractivity contribution in [1.82, 2.24) is 25.3 Å². The summed E-state index contributed by atoms with van der Waals surface area (Å²) < 4.78 is 6.90. The molecule has 0 radical (unpaired) electrons. The number of fused-ring (bicyclic) bond motifs is 1. The summed E-state index contributed by atoms with van der Waals surface area (Å²) in [4.78, 5) is 17.9. The van der Waals surface area contributed by atoms with Crippen LogP contribution in [0.15, 0.2) is 59.5 Å². The zero-order valence-corrected chi connectivity index (χ0v) is 18.6. The van der Waals surface area contributed by atoms with E-state index < -0.39 is 6.10 Å². The maximum Gasteiger partial charge on any atom is 0.165 e. The number of morpholine rings is 1. The molecule has 9 heteroatoms. The van der Waals surface area contributed by atoms with Crippen molar-refractivity contribution in [1.29, 1.82) is 0 Å². The first-order valence-corrected chi connectivity index (χ1v) is 11.0. The Morgan fingerprint density at radius 2 is 2.00 bits per heavy atom. The number of benzene rings is 1. The Hall–Kier alpha value is -2.65. The lowest BCUT2D eigenvalue weighted by Gasteiger charge is -2.29. The van der Waals surface area contributed by atoms with Crippen molar-refractivity contribution in [2.45, 2.75) is 11.6 Å². The molecule has 1 aliphatic rings. The molecule has 2 atom stereocenters. The number of ether oxygens (including phenoxy) is 1. The molecular weight excluding hydrogens is 480 g/mol. The minimum absolute atomic E-state index is 0.381. The van der Waals surface area contributed by atoms with Crippen LogP contribution in [-0.2, 0) is 4.74 Å². The van der Waals surface area contributed by atoms with Gasteiger partial charge in [-0.3, -0.25) is 10.3 Å². The largest absolute Gasteiger partial charge is 0.383 e. The van der Waals surface area contributed by atoms with E-state index in [0.29, 0.717) is 35.7 Å². The highest BCUT2D eigenvalue weighted by atomic mass is 79.9. The van der Waals surface area contributed by atoms with Crippen LogP contribution in [0.3, 0.4) is 0 Å². The summed E-state index contributed by atoms with van der Waals surface area (Å²) in [6, 6.07) is 13.8. The van der Waals surface area contributed by atoms with Gasteiger partial charge in [0.05, 0.1) is 23.4 Å². The predicted molar refractivity (Wildman–Crippen MR) is 124 cm³/mol. The second-order valence-corrected chi connectivity index (χ2v) is 8.49. The van der Waals surface area contributed by atoms with E-state index in [2.05, 4.69) is 36.2 Å². The van der Waals surface area contributed by atoms with E-state index in [9.17, 15) is 0 Å². The molecule has 1 fully saturated rings. The van der Waals surface area contributed by atoms with Crippen molar-refractivity contribution in [3.05, 3.63) is 65.2 Å². The molecular formula is C22H18BrClN6O. The summed E-state index contributed by atoms with van der Waals surface area (Å²) in [5, 5.41) is 3.94. The first-order chi connectivity index (χ1) is 15.1. The lowest BCUT2D eigenvalue weighted by molar-refractivity contribution is 0.0140. The molecule has 1 aromatic carbocycles. The normalized spacial score (nSPS) is 18.9. The van der Waals surface area contributed by atoms with E-state index in [1.54, 1.807) is 6.20 Å². The standard InChI is InChI=1S/C22H18BrClN6O/c23-13-4-1-3-12(9-13)15-10-16(30-22-17(15)21(25)28-11-29-22)14-5-2-6-26-18(14)19-20(24)27-7-8-31-19/h1-6,9-11,19-20,27H,7-8H2,(H2,25,28,29,30). The summed E-state index contributed by atoms with van der Waals surface area (Å²) in [6.07, 6.45) is 2.76. The molecule has 1 aliphatic heterocycles. The fourth-order valence-electron chi connectivity index (χ4n) is 3.76. The van der Waals surface area contributed by atoms with Gasteiger partial charge in [0.25, 0.3) is 0 Å². The van der Waals surface area contributed by atoms with Gasteiger partial charge in [-0.1, -0.05) is 28.1 Å². The van der Waals surface area contributed by atoms with Crippen LogP contribution in [0.2, 0.25) is 0 Å². The molecule has 0 saturated carbocycles. The SMILES string of the molecule is Nc1ncnc2nc(-c3cccnc3C3OCCNC3Cl)cc(-c3cccc(Br)c3)c12. The van der Waals surface area contributed by atoms with Crippen molar-refractivity contribution in [3.8, 4) is 22.4 Å². The van der Waals surface area contributed by atoms with E-state index in [1.807, 2.05) is 42.5 Å². The number of rotatable bonds is 3. The highest BCUT2D eigenvalue weighted by molar-refractivity contribution is 9.10. The third-order valence-corrected chi connectivity index (χ3v) is 6.03. The highest BCUT2D eigenvalue weighted by Crippen LogP contribution is 2.37. The van der Waals surface area contributed by atoms with Crippen LogP contribution >= 0.6 is 27.5 Å². The van der Waals surface area contributed by atoms with Crippen LogP contribution in [0, 0.1) is 0 Å². The Balaban J connectivity index is 1.74. The molecule has 5 rings (SSSR count). The fraction of sp³-hybridized carbons (Fsp3) is 0.182. The van der Waals surface area contributed by atoms with E-state index in [-0.39, 0.29) is 5.50 Å². The van der Waals surface area contributed by atoms with Crippen molar-refractivity contribution < 1.29 is 4.74 Å². The topological polar surface area (TPSA) is 98.8 Å². The third-order valence-electron chi connectivity index (χ3n) is 5.16. The first-order valence-electron chi connectivity index (χ1n) is 9.73. The maximum atomic E-state index is 6.50. The third kappa shape index (κ3) is 3.87. The van der Waals surface area contributed by atoms with E-state index in [4.69, 9.17) is 27.1 Å². The van der Waals surface area contributed by atoms with Crippen LogP contribution < -0.4 is 11.1 Å². The van der Waals surface area contributed by atoms with Crippen molar-refractivity contribution in [2.24, 2.45) is 0 Å². The Kier molecular flexibility index (Phi) is 5.54. The molecule has 4 heterocycles. The molecule has 4 aromatic rings. The van der Waals surface area contributed by atoms with Crippen molar-refractivity contribution in [2.75, 3.05) is 18.9 Å². The van der Waals surface area contributed by atoms with Crippen LogP contribution in [0.4, 0.5) is 5.82 Å². The molecule has 3 N–H and O–H groups in total. The van der Waals surface area contributed by atoms with Crippen LogP contribution in [0.5, 0.6) is 0 Å². The number of nitrogens with zero attached hydrogens (tertiary/aromatic N) is 4. The minimum Gasteiger partial charge on any atom is -0.383 e. The van der Waals surface area contributed by atoms with Gasteiger partial charge in [0.15, 0.2) is 5.65 Å². The van der Waals surface area contributed by atoms with Gasteiger partial charge >= 0.3 is 0 Å². The van der Waals surface area contributed by atoms with Crippen molar-refractivity contribution >= 4 is 44.4 Å². The predicted octanol–water partition coefficient (Wildman–Crippen LogP) is 4.32. The molecule has 31 heavy (non-hydrogen) atoms. The maximum absolute atomic E-state index is 6.50. The molecule has 156 valence electrons. The molecule has 7 nitrogen and oxygen atoms in total. The van der Waals surface area contributed by atoms with E-state index >= 15 is 0 Å². The van der Waals surface area contributed by atoms with Gasteiger partial charge in [0.2, 0.25) is 0 Å². The molecule has 1 saturated heterocycles. The molecule has 0 aliphatic carbocycles. The average Bonchev–Trinajstić information content (AvgIpc) is 2.79. The van der Waals surface area contributed by atoms with Gasteiger partial charge in [-0.15, -0.1) is 11.6 Å². The second kappa shape index (κ2) is 8.47. The Labute approximate surface area is 192 Å². The number of aromatic nitrogens is 4. The first kappa shape index (κ1) is 20.3. The lowest BCUT2D eigenvalue weighted by Crippen LogP contribution is -2.40. The lowest BCUT2D eigenvalue weighted by atomic mass is 9.98. The Morgan fingerprint density at radius 3 is 2.84 bits per heavy atom. The van der Waals surface area contributed by atoms with Gasteiger partial charge in [-0.25, -0.2) is 15.0 Å². The molecule has 2 unspecified atom stereocenters. The molecule has 3 aromatic heterocycles. The van der Waals surface area contributed by atoms with Crippen LogP contribution in [0.25, 0.3) is 33.4 Å². The fourth-order valence-corrected chi connectivity index (χ4v) is 4.46. The second-order valence-electron chi connectivity index (χ2n) is 7.11. The Bertz CT molecular complexity index is 1270. The summed E-state index contributed by atoms with van der Waals surface area (Å²) >= 11 is 10.0. The molecule has 0 bridgehead atoms.